The summed E-state index contributed by atoms with van der Waals surface area (Å²) >= 11 is 1.69. The van der Waals surface area contributed by atoms with Gasteiger partial charge in [0.1, 0.15) is 12.1 Å². The van der Waals surface area contributed by atoms with E-state index in [4.69, 9.17) is 0 Å². The molecule has 3 rings (SSSR count). The molecule has 1 unspecified atom stereocenters. The topological polar surface area (TPSA) is 49.8 Å². The molecule has 2 aromatic heterocycles. The third-order valence-electron chi connectivity index (χ3n) is 3.13. The zero-order valence-electron chi connectivity index (χ0n) is 10.1. The summed E-state index contributed by atoms with van der Waals surface area (Å²) < 4.78 is 0. The summed E-state index contributed by atoms with van der Waals surface area (Å²) in [4.78, 5) is 8.61. The van der Waals surface area contributed by atoms with Crippen LogP contribution in [0.3, 0.4) is 0 Å². The fourth-order valence-corrected chi connectivity index (χ4v) is 2.84. The van der Waals surface area contributed by atoms with Gasteiger partial charge >= 0.3 is 0 Å². The summed E-state index contributed by atoms with van der Waals surface area (Å²) in [6.45, 7) is 2.14. The van der Waals surface area contributed by atoms with Crippen molar-refractivity contribution in [1.82, 2.24) is 15.3 Å². The highest BCUT2D eigenvalue weighted by Gasteiger charge is 2.13. The molecule has 1 fully saturated rings. The van der Waals surface area contributed by atoms with Gasteiger partial charge < -0.3 is 10.6 Å². The van der Waals surface area contributed by atoms with Gasteiger partial charge in [0.25, 0.3) is 0 Å². The lowest BCUT2D eigenvalue weighted by Crippen LogP contribution is -2.38. The largest absolute Gasteiger partial charge is 0.366 e. The fraction of sp³-hybridized carbons (Fsp3) is 0.385. The van der Waals surface area contributed by atoms with Crippen molar-refractivity contribution < 1.29 is 0 Å². The second-order valence-electron chi connectivity index (χ2n) is 4.49. The number of hydrogen-bond donors (Lipinski definition) is 2. The predicted molar refractivity (Wildman–Crippen MR) is 74.9 cm³/mol. The number of nitrogens with one attached hydrogen (secondary N) is 2. The number of thiophene rings is 1. The molecule has 0 radical (unpaired) electrons. The first-order valence-electron chi connectivity index (χ1n) is 6.24. The van der Waals surface area contributed by atoms with E-state index in [1.165, 1.54) is 12.8 Å². The van der Waals surface area contributed by atoms with Crippen molar-refractivity contribution in [3.05, 3.63) is 29.2 Å². The zero-order chi connectivity index (χ0) is 12.2. The minimum atomic E-state index is 0.476. The third kappa shape index (κ3) is 2.68. The molecule has 0 spiro atoms. The van der Waals surface area contributed by atoms with Crippen LogP contribution in [0.1, 0.15) is 12.8 Å². The highest BCUT2D eigenvalue weighted by Crippen LogP contribution is 2.21. The van der Waals surface area contributed by atoms with E-state index in [1.807, 2.05) is 6.07 Å². The minimum absolute atomic E-state index is 0.476. The molecule has 4 nitrogen and oxygen atoms in total. The average Bonchev–Trinajstić information content (AvgIpc) is 2.94. The van der Waals surface area contributed by atoms with E-state index in [0.29, 0.717) is 6.04 Å². The molecule has 0 saturated carbocycles. The molecule has 1 aliphatic rings. The molecular weight excluding hydrogens is 244 g/mol. The smallest absolute Gasteiger partial charge is 0.130 e. The van der Waals surface area contributed by atoms with E-state index in [-0.39, 0.29) is 0 Å². The lowest BCUT2D eigenvalue weighted by Gasteiger charge is -2.24. The van der Waals surface area contributed by atoms with Crippen molar-refractivity contribution in [2.75, 3.05) is 18.4 Å². The van der Waals surface area contributed by atoms with Crippen LogP contribution < -0.4 is 10.6 Å². The summed E-state index contributed by atoms with van der Waals surface area (Å²) in [7, 11) is 0. The Balaban J connectivity index is 1.74. The Morgan fingerprint density at radius 1 is 1.39 bits per heavy atom. The fourth-order valence-electron chi connectivity index (χ4n) is 2.19. The molecule has 3 heterocycles. The zero-order valence-corrected chi connectivity index (χ0v) is 10.9. The van der Waals surface area contributed by atoms with E-state index >= 15 is 0 Å². The van der Waals surface area contributed by atoms with Crippen molar-refractivity contribution in [1.29, 1.82) is 0 Å². The Kier molecular flexibility index (Phi) is 3.52. The quantitative estimate of drug-likeness (QED) is 0.889. The SMILES string of the molecule is c1nc(NC2CCCNC2)cc(-c2ccsc2)n1. The van der Waals surface area contributed by atoms with Crippen molar-refractivity contribution in [3.63, 3.8) is 0 Å². The normalized spacial score (nSPS) is 19.7. The van der Waals surface area contributed by atoms with E-state index in [9.17, 15) is 0 Å². The van der Waals surface area contributed by atoms with E-state index in [1.54, 1.807) is 17.7 Å². The number of aromatic nitrogens is 2. The molecule has 1 aliphatic heterocycles. The number of nitrogens with zero attached hydrogens (tertiary/aromatic N) is 2. The number of rotatable bonds is 3. The van der Waals surface area contributed by atoms with Crippen molar-refractivity contribution in [2.24, 2.45) is 0 Å². The number of anilines is 1. The van der Waals surface area contributed by atoms with Gasteiger partial charge in [0.2, 0.25) is 0 Å². The molecule has 1 atom stereocenters. The second-order valence-corrected chi connectivity index (χ2v) is 5.27. The van der Waals surface area contributed by atoms with Gasteiger partial charge in [-0.15, -0.1) is 0 Å². The molecular formula is C13H16N4S. The molecule has 1 saturated heterocycles. The maximum absolute atomic E-state index is 4.31. The van der Waals surface area contributed by atoms with Crippen molar-refractivity contribution >= 4 is 17.2 Å². The maximum atomic E-state index is 4.31. The summed E-state index contributed by atoms with van der Waals surface area (Å²) in [6.07, 6.45) is 4.05. The van der Waals surface area contributed by atoms with E-state index in [0.717, 1.165) is 30.2 Å². The Hall–Kier alpha value is -1.46. The molecule has 0 amide bonds. The molecule has 2 aromatic rings. The molecule has 0 bridgehead atoms. The Morgan fingerprint density at radius 2 is 2.39 bits per heavy atom. The Labute approximate surface area is 110 Å². The first-order valence-corrected chi connectivity index (χ1v) is 7.18. The van der Waals surface area contributed by atoms with E-state index < -0.39 is 0 Å². The standard InChI is InChI=1S/C13H16N4S/c1-2-11(7-14-4-1)17-13-6-12(15-9-16-13)10-3-5-18-8-10/h3,5-6,8-9,11,14H,1-2,4,7H2,(H,15,16,17). The predicted octanol–water partition coefficient (Wildman–Crippen LogP) is 2.37. The third-order valence-corrected chi connectivity index (χ3v) is 3.82. The van der Waals surface area contributed by atoms with Gasteiger partial charge in [0, 0.05) is 29.6 Å². The summed E-state index contributed by atoms with van der Waals surface area (Å²) in [5.41, 5.74) is 2.14. The highest BCUT2D eigenvalue weighted by molar-refractivity contribution is 7.08. The van der Waals surface area contributed by atoms with Crippen LogP contribution >= 0.6 is 11.3 Å². The van der Waals surface area contributed by atoms with Gasteiger partial charge in [0.15, 0.2) is 0 Å². The van der Waals surface area contributed by atoms with Crippen LogP contribution in [0.5, 0.6) is 0 Å². The van der Waals surface area contributed by atoms with Crippen LogP contribution in [0.15, 0.2) is 29.2 Å². The highest BCUT2D eigenvalue weighted by atomic mass is 32.1. The van der Waals surface area contributed by atoms with Gasteiger partial charge in [-0.1, -0.05) is 0 Å². The molecule has 18 heavy (non-hydrogen) atoms. The van der Waals surface area contributed by atoms with Crippen LogP contribution in [-0.4, -0.2) is 29.1 Å². The number of hydrogen-bond acceptors (Lipinski definition) is 5. The average molecular weight is 260 g/mol. The molecule has 0 aromatic carbocycles. The van der Waals surface area contributed by atoms with Crippen LogP contribution in [0.25, 0.3) is 11.3 Å². The minimum Gasteiger partial charge on any atom is -0.366 e. The van der Waals surface area contributed by atoms with Gasteiger partial charge in [-0.05, 0) is 30.8 Å². The van der Waals surface area contributed by atoms with Crippen LogP contribution in [0.2, 0.25) is 0 Å². The second kappa shape index (κ2) is 5.46. The summed E-state index contributed by atoms with van der Waals surface area (Å²) in [6, 6.07) is 4.58. The van der Waals surface area contributed by atoms with Crippen molar-refractivity contribution in [3.8, 4) is 11.3 Å². The van der Waals surface area contributed by atoms with Crippen LogP contribution in [0, 0.1) is 0 Å². The first-order chi connectivity index (χ1) is 8.92. The maximum Gasteiger partial charge on any atom is 0.130 e. The lowest BCUT2D eigenvalue weighted by molar-refractivity contribution is 0.479. The molecule has 94 valence electrons. The van der Waals surface area contributed by atoms with Gasteiger partial charge in [-0.2, -0.15) is 11.3 Å². The molecule has 5 heteroatoms. The van der Waals surface area contributed by atoms with Crippen molar-refractivity contribution in [2.45, 2.75) is 18.9 Å². The lowest BCUT2D eigenvalue weighted by atomic mass is 10.1. The van der Waals surface area contributed by atoms with Gasteiger partial charge in [-0.25, -0.2) is 9.97 Å². The van der Waals surface area contributed by atoms with Crippen LogP contribution in [-0.2, 0) is 0 Å². The Morgan fingerprint density at radius 3 is 3.17 bits per heavy atom. The summed E-state index contributed by atoms with van der Waals surface area (Å²) in [5, 5.41) is 11.0. The number of piperidine rings is 1. The summed E-state index contributed by atoms with van der Waals surface area (Å²) in [5.74, 6) is 0.917. The Bertz CT molecular complexity index is 491. The monoisotopic (exact) mass is 260 g/mol. The van der Waals surface area contributed by atoms with E-state index in [2.05, 4.69) is 37.4 Å². The first kappa shape index (κ1) is 11.6. The van der Waals surface area contributed by atoms with Gasteiger partial charge in [0.05, 0.1) is 5.69 Å². The molecule has 2 N–H and O–H groups in total. The van der Waals surface area contributed by atoms with Gasteiger partial charge in [-0.3, -0.25) is 0 Å². The molecule has 0 aliphatic carbocycles. The van der Waals surface area contributed by atoms with Crippen LogP contribution in [0.4, 0.5) is 5.82 Å².